The van der Waals surface area contributed by atoms with E-state index in [9.17, 15) is 10.2 Å². The Hall–Kier alpha value is -0.280. The van der Waals surface area contributed by atoms with Crippen LogP contribution in [0.5, 0.6) is 0 Å². The van der Waals surface area contributed by atoms with Gasteiger partial charge in [-0.25, -0.2) is 0 Å². The van der Waals surface area contributed by atoms with Crippen LogP contribution in [0.3, 0.4) is 0 Å². The van der Waals surface area contributed by atoms with Crippen molar-refractivity contribution in [2.75, 3.05) is 0 Å². The molecule has 1 aromatic rings. The van der Waals surface area contributed by atoms with Gasteiger partial charge in [0.05, 0.1) is 15.6 Å². The molecule has 0 saturated carbocycles. The molecular weight excluding hydrogens is 235 g/mol. The zero-order valence-electron chi connectivity index (χ0n) is 8.67. The monoisotopic (exact) mass is 248 g/mol. The maximum atomic E-state index is 9.91. The van der Waals surface area contributed by atoms with Crippen LogP contribution >= 0.6 is 23.2 Å². The number of halogens is 2. The van der Waals surface area contributed by atoms with Gasteiger partial charge < -0.3 is 10.2 Å². The van der Waals surface area contributed by atoms with Gasteiger partial charge in [-0.15, -0.1) is 0 Å². The third kappa shape index (κ3) is 2.85. The summed E-state index contributed by atoms with van der Waals surface area (Å²) < 4.78 is 0. The zero-order chi connectivity index (χ0) is 11.6. The smallest absolute Gasteiger partial charge is 0.107 e. The van der Waals surface area contributed by atoms with Crippen molar-refractivity contribution in [1.82, 2.24) is 0 Å². The Morgan fingerprint density at radius 2 is 1.93 bits per heavy atom. The molecule has 0 spiro atoms. The molecule has 2 nitrogen and oxygen atoms in total. The molecule has 15 heavy (non-hydrogen) atoms. The quantitative estimate of drug-likeness (QED) is 0.863. The fraction of sp³-hybridized carbons (Fsp3) is 0.455. The molecule has 0 aliphatic rings. The van der Waals surface area contributed by atoms with E-state index < -0.39 is 11.7 Å². The van der Waals surface area contributed by atoms with Crippen LogP contribution in [0.25, 0.3) is 0 Å². The van der Waals surface area contributed by atoms with Crippen molar-refractivity contribution in [3.05, 3.63) is 33.8 Å². The van der Waals surface area contributed by atoms with Crippen LogP contribution in [0, 0.1) is 0 Å². The molecule has 0 aliphatic heterocycles. The largest absolute Gasteiger partial charge is 0.387 e. The minimum atomic E-state index is -1.16. The van der Waals surface area contributed by atoms with Crippen molar-refractivity contribution >= 4 is 23.2 Å². The highest BCUT2D eigenvalue weighted by molar-refractivity contribution is 6.42. The molecule has 4 heteroatoms. The standard InChI is InChI=1S/C11H14Cl2O2/c1-3-11(2,15)10(14)7-4-5-8(12)9(13)6-7/h4-6,10,14-15H,3H2,1-2H3. The number of rotatable bonds is 3. The number of aliphatic hydroxyl groups is 2. The van der Waals surface area contributed by atoms with Gasteiger partial charge in [0, 0.05) is 0 Å². The van der Waals surface area contributed by atoms with Gasteiger partial charge in [0.1, 0.15) is 6.10 Å². The van der Waals surface area contributed by atoms with Gasteiger partial charge in [0.25, 0.3) is 0 Å². The van der Waals surface area contributed by atoms with Crippen molar-refractivity contribution in [2.24, 2.45) is 0 Å². The topological polar surface area (TPSA) is 40.5 Å². The predicted molar refractivity (Wildman–Crippen MR) is 62.3 cm³/mol. The minimum absolute atomic E-state index is 0.375. The van der Waals surface area contributed by atoms with E-state index in [2.05, 4.69) is 0 Å². The molecule has 2 unspecified atom stereocenters. The predicted octanol–water partition coefficient (Wildman–Crippen LogP) is 3.19. The van der Waals surface area contributed by atoms with Crippen molar-refractivity contribution in [3.63, 3.8) is 0 Å². The Kier molecular flexibility index (Phi) is 4.01. The SMILES string of the molecule is CCC(C)(O)C(O)c1ccc(Cl)c(Cl)c1. The summed E-state index contributed by atoms with van der Waals surface area (Å²) in [5.74, 6) is 0. The first-order valence-corrected chi connectivity index (χ1v) is 5.49. The summed E-state index contributed by atoms with van der Waals surface area (Å²) in [4.78, 5) is 0. The van der Waals surface area contributed by atoms with E-state index in [-0.39, 0.29) is 0 Å². The fourth-order valence-electron chi connectivity index (χ4n) is 1.23. The van der Waals surface area contributed by atoms with Crippen LogP contribution in [-0.4, -0.2) is 15.8 Å². The van der Waals surface area contributed by atoms with E-state index in [0.717, 1.165) is 0 Å². The molecular formula is C11H14Cl2O2. The summed E-state index contributed by atoms with van der Waals surface area (Å²) >= 11 is 11.6. The summed E-state index contributed by atoms with van der Waals surface area (Å²) in [6.45, 7) is 3.39. The van der Waals surface area contributed by atoms with E-state index in [1.165, 1.54) is 0 Å². The molecule has 1 aromatic carbocycles. The van der Waals surface area contributed by atoms with Gasteiger partial charge in [-0.05, 0) is 31.0 Å². The Bertz CT molecular complexity index is 350. The normalized spacial score (nSPS) is 17.2. The first kappa shape index (κ1) is 12.8. The highest BCUT2D eigenvalue weighted by Gasteiger charge is 2.29. The number of aliphatic hydroxyl groups excluding tert-OH is 1. The summed E-state index contributed by atoms with van der Waals surface area (Å²) in [6.07, 6.45) is -0.508. The summed E-state index contributed by atoms with van der Waals surface area (Å²) in [7, 11) is 0. The third-order valence-electron chi connectivity index (χ3n) is 2.56. The van der Waals surface area contributed by atoms with Crippen molar-refractivity contribution in [3.8, 4) is 0 Å². The maximum Gasteiger partial charge on any atom is 0.107 e. The van der Waals surface area contributed by atoms with Gasteiger partial charge in [-0.2, -0.15) is 0 Å². The Labute approximate surface area is 99.5 Å². The van der Waals surface area contributed by atoms with Crippen LogP contribution in [0.15, 0.2) is 18.2 Å². The minimum Gasteiger partial charge on any atom is -0.387 e. The average molecular weight is 249 g/mol. The zero-order valence-corrected chi connectivity index (χ0v) is 10.2. The average Bonchev–Trinajstić information content (AvgIpc) is 2.21. The van der Waals surface area contributed by atoms with E-state index in [1.807, 2.05) is 0 Å². The molecule has 0 heterocycles. The number of benzene rings is 1. The van der Waals surface area contributed by atoms with Crippen LogP contribution < -0.4 is 0 Å². The van der Waals surface area contributed by atoms with Crippen LogP contribution in [-0.2, 0) is 0 Å². The lowest BCUT2D eigenvalue weighted by Gasteiger charge is -2.28. The van der Waals surface area contributed by atoms with Crippen molar-refractivity contribution in [2.45, 2.75) is 32.0 Å². The lowest BCUT2D eigenvalue weighted by Crippen LogP contribution is -2.31. The summed E-state index contributed by atoms with van der Waals surface area (Å²) in [5.41, 5.74) is -0.590. The molecule has 1 rings (SSSR count). The Balaban J connectivity index is 3.02. The molecule has 0 aromatic heterocycles. The molecule has 2 N–H and O–H groups in total. The lowest BCUT2D eigenvalue weighted by molar-refractivity contribution is -0.0658. The van der Waals surface area contributed by atoms with Crippen molar-refractivity contribution in [1.29, 1.82) is 0 Å². The number of hydrogen-bond donors (Lipinski definition) is 2. The molecule has 2 atom stereocenters. The highest BCUT2D eigenvalue weighted by Crippen LogP contribution is 2.32. The second kappa shape index (κ2) is 4.71. The van der Waals surface area contributed by atoms with Gasteiger partial charge in [0.15, 0.2) is 0 Å². The maximum absolute atomic E-state index is 9.91. The highest BCUT2D eigenvalue weighted by atomic mass is 35.5. The van der Waals surface area contributed by atoms with E-state index >= 15 is 0 Å². The van der Waals surface area contributed by atoms with Crippen LogP contribution in [0.2, 0.25) is 10.0 Å². The second-order valence-electron chi connectivity index (χ2n) is 3.79. The van der Waals surface area contributed by atoms with Crippen LogP contribution in [0.4, 0.5) is 0 Å². The van der Waals surface area contributed by atoms with Gasteiger partial charge in [-0.3, -0.25) is 0 Å². The Morgan fingerprint density at radius 3 is 2.40 bits per heavy atom. The molecule has 0 bridgehead atoms. The van der Waals surface area contributed by atoms with Gasteiger partial charge in [0.2, 0.25) is 0 Å². The molecule has 0 fully saturated rings. The van der Waals surface area contributed by atoms with Gasteiger partial charge in [-0.1, -0.05) is 36.2 Å². The van der Waals surface area contributed by atoms with Gasteiger partial charge >= 0.3 is 0 Å². The van der Waals surface area contributed by atoms with Crippen molar-refractivity contribution < 1.29 is 10.2 Å². The fourth-order valence-corrected chi connectivity index (χ4v) is 1.54. The van der Waals surface area contributed by atoms with E-state index in [0.29, 0.717) is 22.0 Å². The molecule has 0 aliphatic carbocycles. The summed E-state index contributed by atoms with van der Waals surface area (Å²) in [5, 5.41) is 20.6. The lowest BCUT2D eigenvalue weighted by atomic mass is 9.91. The summed E-state index contributed by atoms with van der Waals surface area (Å²) in [6, 6.07) is 4.83. The molecule has 84 valence electrons. The Morgan fingerprint density at radius 1 is 1.33 bits per heavy atom. The third-order valence-corrected chi connectivity index (χ3v) is 3.30. The van der Waals surface area contributed by atoms with Crippen LogP contribution in [0.1, 0.15) is 31.9 Å². The molecule has 0 radical (unpaired) electrons. The van der Waals surface area contributed by atoms with E-state index in [4.69, 9.17) is 23.2 Å². The first-order chi connectivity index (χ1) is 6.88. The molecule has 0 amide bonds. The van der Waals surface area contributed by atoms with E-state index in [1.54, 1.807) is 32.0 Å². The second-order valence-corrected chi connectivity index (χ2v) is 4.60. The number of hydrogen-bond acceptors (Lipinski definition) is 2. The molecule has 0 saturated heterocycles. The first-order valence-electron chi connectivity index (χ1n) is 4.74.